The van der Waals surface area contributed by atoms with Crippen LogP contribution in [-0.2, 0) is 4.74 Å². The van der Waals surface area contributed by atoms with Gasteiger partial charge in [0.2, 0.25) is 0 Å². The summed E-state index contributed by atoms with van der Waals surface area (Å²) in [5, 5.41) is 7.04. The first-order valence-corrected chi connectivity index (χ1v) is 11.9. The predicted molar refractivity (Wildman–Crippen MR) is 142 cm³/mol. The van der Waals surface area contributed by atoms with Gasteiger partial charge in [-0.05, 0) is 64.4 Å². The molecule has 1 aromatic rings. The van der Waals surface area contributed by atoms with Crippen molar-refractivity contribution in [3.05, 3.63) is 29.8 Å². The second kappa shape index (κ2) is 14.2. The molecule has 182 valence electrons. The molecule has 0 amide bonds. The van der Waals surface area contributed by atoms with E-state index in [1.165, 1.54) is 18.4 Å². The number of methoxy groups -OCH3 is 1. The number of likely N-dealkylation sites (tertiary alicyclic amines) is 1. The van der Waals surface area contributed by atoms with E-state index < -0.39 is 0 Å². The van der Waals surface area contributed by atoms with Crippen molar-refractivity contribution < 1.29 is 9.47 Å². The van der Waals surface area contributed by atoms with E-state index in [0.29, 0.717) is 18.1 Å². The molecule has 7 nitrogen and oxygen atoms in total. The predicted octanol–water partition coefficient (Wildman–Crippen LogP) is 3.11. The summed E-state index contributed by atoms with van der Waals surface area (Å²) in [6.07, 6.45) is 2.55. The number of ether oxygens (including phenoxy) is 2. The molecule has 0 aliphatic carbocycles. The quantitative estimate of drug-likeness (QED) is 0.276. The lowest BCUT2D eigenvalue weighted by atomic mass is 10.1. The fraction of sp³-hybridized carbons (Fsp3) is 0.708. The number of aliphatic imine (C=N–C) groups is 1. The summed E-state index contributed by atoms with van der Waals surface area (Å²) < 4.78 is 10.9. The lowest BCUT2D eigenvalue weighted by molar-refractivity contribution is -0.0165. The number of benzene rings is 1. The molecule has 2 heterocycles. The largest absolute Gasteiger partial charge is 0.497 e. The SMILES string of the molecule is CCNC(=NCC(C)N1CCOCC1C)NCC(c1ccc(OC)cc1)N1CCCC1.I. The Morgan fingerprint density at radius 2 is 1.91 bits per heavy atom. The molecule has 2 saturated heterocycles. The molecule has 2 fully saturated rings. The molecule has 2 N–H and O–H groups in total. The number of guanidine groups is 1. The van der Waals surface area contributed by atoms with Gasteiger partial charge in [-0.15, -0.1) is 24.0 Å². The first-order chi connectivity index (χ1) is 15.1. The maximum atomic E-state index is 5.58. The van der Waals surface area contributed by atoms with Gasteiger partial charge >= 0.3 is 0 Å². The van der Waals surface area contributed by atoms with Crippen LogP contribution in [0.4, 0.5) is 0 Å². The number of halogens is 1. The molecule has 32 heavy (non-hydrogen) atoms. The highest BCUT2D eigenvalue weighted by Crippen LogP contribution is 2.26. The van der Waals surface area contributed by atoms with Crippen LogP contribution in [0, 0.1) is 0 Å². The third kappa shape index (κ3) is 7.74. The first kappa shape index (κ1) is 27.1. The monoisotopic (exact) mass is 559 g/mol. The fourth-order valence-corrected chi connectivity index (χ4v) is 4.60. The number of morpholine rings is 1. The van der Waals surface area contributed by atoms with Crippen molar-refractivity contribution in [2.45, 2.75) is 51.7 Å². The van der Waals surface area contributed by atoms with Gasteiger partial charge in [0.15, 0.2) is 5.96 Å². The van der Waals surface area contributed by atoms with E-state index in [2.05, 4.69) is 65.5 Å². The van der Waals surface area contributed by atoms with E-state index in [-0.39, 0.29) is 24.0 Å². The lowest BCUT2D eigenvalue weighted by Crippen LogP contribution is -2.50. The molecule has 0 spiro atoms. The highest BCUT2D eigenvalue weighted by molar-refractivity contribution is 14.0. The van der Waals surface area contributed by atoms with Crippen molar-refractivity contribution in [2.24, 2.45) is 4.99 Å². The number of hydrogen-bond acceptors (Lipinski definition) is 5. The molecule has 2 aliphatic rings. The summed E-state index contributed by atoms with van der Waals surface area (Å²) in [6.45, 7) is 14.0. The molecule has 3 unspecified atom stereocenters. The van der Waals surface area contributed by atoms with Crippen molar-refractivity contribution in [3.8, 4) is 5.75 Å². The number of rotatable bonds is 9. The Morgan fingerprint density at radius 3 is 2.53 bits per heavy atom. The van der Waals surface area contributed by atoms with Crippen molar-refractivity contribution >= 4 is 29.9 Å². The van der Waals surface area contributed by atoms with Crippen LogP contribution in [0.2, 0.25) is 0 Å². The third-order valence-electron chi connectivity index (χ3n) is 6.39. The second-order valence-corrected chi connectivity index (χ2v) is 8.64. The minimum atomic E-state index is 0. The minimum absolute atomic E-state index is 0. The molecule has 0 radical (unpaired) electrons. The van der Waals surface area contributed by atoms with Crippen LogP contribution >= 0.6 is 24.0 Å². The van der Waals surface area contributed by atoms with Gasteiger partial charge in [0, 0.05) is 31.7 Å². The molecule has 3 rings (SSSR count). The standard InChI is InChI=1S/C24H41N5O2.HI/c1-5-25-24(26-16-19(2)29-14-15-31-18-20(29)3)27-17-23(28-12-6-7-13-28)21-8-10-22(30-4)11-9-21;/h8-11,19-20,23H,5-7,12-18H2,1-4H3,(H2,25,26,27);1H. The second-order valence-electron chi connectivity index (χ2n) is 8.64. The number of nitrogens with one attached hydrogen (secondary N) is 2. The van der Waals surface area contributed by atoms with E-state index in [1.807, 2.05) is 0 Å². The van der Waals surface area contributed by atoms with Gasteiger partial charge in [-0.2, -0.15) is 0 Å². The van der Waals surface area contributed by atoms with Crippen molar-refractivity contribution in [3.63, 3.8) is 0 Å². The Kier molecular flexibility index (Phi) is 12.1. The summed E-state index contributed by atoms with van der Waals surface area (Å²) in [4.78, 5) is 10.00. The van der Waals surface area contributed by atoms with Crippen LogP contribution < -0.4 is 15.4 Å². The van der Waals surface area contributed by atoms with E-state index >= 15 is 0 Å². The van der Waals surface area contributed by atoms with E-state index in [4.69, 9.17) is 14.5 Å². The van der Waals surface area contributed by atoms with Crippen LogP contribution in [0.1, 0.15) is 45.2 Å². The van der Waals surface area contributed by atoms with Crippen molar-refractivity contribution in [1.82, 2.24) is 20.4 Å². The Morgan fingerprint density at radius 1 is 1.19 bits per heavy atom. The Labute approximate surface area is 211 Å². The Balaban J connectivity index is 0.00000363. The topological polar surface area (TPSA) is 61.4 Å². The van der Waals surface area contributed by atoms with Crippen LogP contribution in [0.5, 0.6) is 5.75 Å². The van der Waals surface area contributed by atoms with Crippen molar-refractivity contribution in [2.75, 3.05) is 59.6 Å². The van der Waals surface area contributed by atoms with Crippen molar-refractivity contribution in [1.29, 1.82) is 0 Å². The summed E-state index contributed by atoms with van der Waals surface area (Å²) in [6, 6.07) is 9.67. The van der Waals surface area contributed by atoms with Gasteiger partial charge in [0.05, 0.1) is 32.9 Å². The van der Waals surface area contributed by atoms with E-state index in [9.17, 15) is 0 Å². The summed E-state index contributed by atoms with van der Waals surface area (Å²) >= 11 is 0. The molecule has 0 bridgehead atoms. The van der Waals surface area contributed by atoms with Crippen LogP contribution in [0.25, 0.3) is 0 Å². The molecule has 2 aliphatic heterocycles. The molecule has 1 aromatic carbocycles. The highest BCUT2D eigenvalue weighted by atomic mass is 127. The molecule has 8 heteroatoms. The molecule has 0 aromatic heterocycles. The van der Waals surface area contributed by atoms with E-state index in [0.717, 1.165) is 64.2 Å². The third-order valence-corrected chi connectivity index (χ3v) is 6.39. The summed E-state index contributed by atoms with van der Waals surface area (Å²) in [7, 11) is 1.71. The van der Waals surface area contributed by atoms with Crippen LogP contribution in [-0.4, -0.2) is 87.4 Å². The molecule has 3 atom stereocenters. The van der Waals surface area contributed by atoms with Gasteiger partial charge in [0.25, 0.3) is 0 Å². The highest BCUT2D eigenvalue weighted by Gasteiger charge is 2.25. The van der Waals surface area contributed by atoms with Gasteiger partial charge < -0.3 is 20.1 Å². The molecule has 0 saturated carbocycles. The average molecular weight is 560 g/mol. The maximum Gasteiger partial charge on any atom is 0.191 e. The minimum Gasteiger partial charge on any atom is -0.497 e. The summed E-state index contributed by atoms with van der Waals surface area (Å²) in [5.74, 6) is 1.80. The maximum absolute atomic E-state index is 5.58. The zero-order chi connectivity index (χ0) is 22.1. The Bertz CT molecular complexity index is 681. The first-order valence-electron chi connectivity index (χ1n) is 11.9. The molecular weight excluding hydrogens is 517 g/mol. The Hall–Kier alpha value is -1.10. The normalized spacial score (nSPS) is 22.1. The zero-order valence-electron chi connectivity index (χ0n) is 20.2. The van der Waals surface area contributed by atoms with Gasteiger partial charge in [-0.1, -0.05) is 12.1 Å². The van der Waals surface area contributed by atoms with Crippen LogP contribution in [0.15, 0.2) is 29.3 Å². The number of nitrogens with zero attached hydrogens (tertiary/aromatic N) is 3. The number of hydrogen-bond donors (Lipinski definition) is 2. The molecular formula is C24H42IN5O2. The van der Waals surface area contributed by atoms with E-state index in [1.54, 1.807) is 7.11 Å². The summed E-state index contributed by atoms with van der Waals surface area (Å²) in [5.41, 5.74) is 1.32. The zero-order valence-corrected chi connectivity index (χ0v) is 22.5. The van der Waals surface area contributed by atoms with Gasteiger partial charge in [-0.25, -0.2) is 0 Å². The fourth-order valence-electron chi connectivity index (χ4n) is 4.60. The lowest BCUT2D eigenvalue weighted by Gasteiger charge is -2.37. The smallest absolute Gasteiger partial charge is 0.191 e. The van der Waals surface area contributed by atoms with Crippen LogP contribution in [0.3, 0.4) is 0 Å². The van der Waals surface area contributed by atoms with Gasteiger partial charge in [-0.3, -0.25) is 14.8 Å². The average Bonchev–Trinajstić information content (AvgIpc) is 3.32. The van der Waals surface area contributed by atoms with Gasteiger partial charge in [0.1, 0.15) is 5.75 Å².